The van der Waals surface area contributed by atoms with Gasteiger partial charge in [-0.05, 0) is 58.8 Å². The van der Waals surface area contributed by atoms with E-state index in [0.29, 0.717) is 17.1 Å². The third-order valence-corrected chi connectivity index (χ3v) is 7.98. The van der Waals surface area contributed by atoms with Crippen LogP contribution in [0.25, 0.3) is 0 Å². The van der Waals surface area contributed by atoms with E-state index in [9.17, 15) is 18.3 Å². The summed E-state index contributed by atoms with van der Waals surface area (Å²) in [7, 11) is -2.13. The Kier molecular flexibility index (Phi) is 6.80. The SMILES string of the molecule is CN(c1ccc(OCC(=O)Nc2cc(C(C)(C)C)ccc2O)cc1)S(=O)(=O)c1cccs1. The van der Waals surface area contributed by atoms with Gasteiger partial charge in [-0.3, -0.25) is 9.10 Å². The highest BCUT2D eigenvalue weighted by molar-refractivity contribution is 7.94. The average Bonchev–Trinajstić information content (AvgIpc) is 3.29. The topological polar surface area (TPSA) is 95.9 Å². The molecule has 2 aromatic carbocycles. The maximum absolute atomic E-state index is 12.6. The summed E-state index contributed by atoms with van der Waals surface area (Å²) in [5.74, 6) is -0.0306. The summed E-state index contributed by atoms with van der Waals surface area (Å²) in [4.78, 5) is 12.3. The van der Waals surface area contributed by atoms with Gasteiger partial charge in [0.25, 0.3) is 15.9 Å². The van der Waals surface area contributed by atoms with Crippen molar-refractivity contribution >= 4 is 38.6 Å². The van der Waals surface area contributed by atoms with Gasteiger partial charge in [-0.2, -0.15) is 0 Å². The fourth-order valence-electron chi connectivity index (χ4n) is 2.87. The number of hydrogen-bond acceptors (Lipinski definition) is 6. The number of benzene rings is 2. The molecule has 0 fully saturated rings. The van der Waals surface area contributed by atoms with Crippen molar-refractivity contribution < 1.29 is 23.1 Å². The summed E-state index contributed by atoms with van der Waals surface area (Å²) in [5, 5.41) is 14.4. The van der Waals surface area contributed by atoms with E-state index in [0.717, 1.165) is 16.9 Å². The number of aromatic hydroxyl groups is 1. The number of nitrogens with zero attached hydrogens (tertiary/aromatic N) is 1. The van der Waals surface area contributed by atoms with Gasteiger partial charge in [0.15, 0.2) is 6.61 Å². The van der Waals surface area contributed by atoms with E-state index in [4.69, 9.17) is 4.74 Å². The summed E-state index contributed by atoms with van der Waals surface area (Å²) in [5.41, 5.74) is 1.64. The number of phenols is 1. The molecular formula is C23H26N2O5S2. The Labute approximate surface area is 192 Å². The molecule has 0 aliphatic heterocycles. The number of anilines is 2. The Morgan fingerprint density at radius 2 is 1.81 bits per heavy atom. The summed E-state index contributed by atoms with van der Waals surface area (Å²) < 4.78 is 32.2. The zero-order valence-electron chi connectivity index (χ0n) is 18.3. The number of rotatable bonds is 7. The zero-order chi connectivity index (χ0) is 23.5. The van der Waals surface area contributed by atoms with Crippen molar-refractivity contribution in [2.45, 2.75) is 30.4 Å². The first kappa shape index (κ1) is 23.6. The molecule has 32 heavy (non-hydrogen) atoms. The van der Waals surface area contributed by atoms with Crippen molar-refractivity contribution in [3.05, 3.63) is 65.5 Å². The first-order valence-electron chi connectivity index (χ1n) is 9.87. The lowest BCUT2D eigenvalue weighted by Gasteiger charge is -2.20. The van der Waals surface area contributed by atoms with Crippen LogP contribution in [0, 0.1) is 0 Å². The fraction of sp³-hybridized carbons (Fsp3) is 0.261. The van der Waals surface area contributed by atoms with Gasteiger partial charge in [-0.15, -0.1) is 11.3 Å². The van der Waals surface area contributed by atoms with Crippen LogP contribution in [0.2, 0.25) is 0 Å². The van der Waals surface area contributed by atoms with Gasteiger partial charge in [-0.25, -0.2) is 8.42 Å². The molecule has 0 aliphatic carbocycles. The lowest BCUT2D eigenvalue weighted by Crippen LogP contribution is -2.25. The second kappa shape index (κ2) is 9.22. The molecule has 1 amide bonds. The highest BCUT2D eigenvalue weighted by Crippen LogP contribution is 2.31. The minimum atomic E-state index is -3.62. The molecule has 2 N–H and O–H groups in total. The average molecular weight is 475 g/mol. The van der Waals surface area contributed by atoms with Crippen molar-refractivity contribution in [3.63, 3.8) is 0 Å². The van der Waals surface area contributed by atoms with Crippen molar-refractivity contribution in [1.82, 2.24) is 0 Å². The standard InChI is InChI=1S/C23H26N2O5S2/c1-23(2,3)16-7-12-20(26)19(14-16)24-21(27)15-30-18-10-8-17(9-11-18)25(4)32(28,29)22-6-5-13-31-22/h5-14,26H,15H2,1-4H3,(H,24,27). The molecule has 0 bridgehead atoms. The van der Waals surface area contributed by atoms with Crippen LogP contribution in [0.4, 0.5) is 11.4 Å². The van der Waals surface area contributed by atoms with E-state index in [1.807, 2.05) is 26.8 Å². The molecule has 0 saturated carbocycles. The quantitative estimate of drug-likeness (QED) is 0.488. The van der Waals surface area contributed by atoms with Crippen molar-refractivity contribution in [2.24, 2.45) is 0 Å². The van der Waals surface area contributed by atoms with Crippen molar-refractivity contribution in [3.8, 4) is 11.5 Å². The molecule has 1 aromatic heterocycles. The Balaban J connectivity index is 1.62. The van der Waals surface area contributed by atoms with Crippen molar-refractivity contribution in [1.29, 1.82) is 0 Å². The minimum absolute atomic E-state index is 0.0225. The second-order valence-corrected chi connectivity index (χ2v) is 11.4. The Morgan fingerprint density at radius 3 is 2.41 bits per heavy atom. The van der Waals surface area contributed by atoms with E-state index < -0.39 is 15.9 Å². The predicted octanol–water partition coefficient (Wildman–Crippen LogP) is 4.59. The number of sulfonamides is 1. The monoisotopic (exact) mass is 474 g/mol. The van der Waals surface area contributed by atoms with Gasteiger partial charge in [0, 0.05) is 7.05 Å². The highest BCUT2D eigenvalue weighted by atomic mass is 32.2. The molecular weight excluding hydrogens is 448 g/mol. The number of thiophene rings is 1. The van der Waals surface area contributed by atoms with E-state index in [2.05, 4.69) is 5.32 Å². The van der Waals surface area contributed by atoms with Crippen LogP contribution in [-0.2, 0) is 20.2 Å². The number of nitrogens with one attached hydrogen (secondary N) is 1. The van der Waals surface area contributed by atoms with Crippen molar-refractivity contribution in [2.75, 3.05) is 23.3 Å². The van der Waals surface area contributed by atoms with Gasteiger partial charge in [0.1, 0.15) is 15.7 Å². The molecule has 170 valence electrons. The van der Waals surface area contributed by atoms with E-state index in [1.54, 1.807) is 53.9 Å². The Morgan fingerprint density at radius 1 is 1.12 bits per heavy atom. The maximum Gasteiger partial charge on any atom is 0.273 e. The summed E-state index contributed by atoms with van der Waals surface area (Å²) in [6, 6.07) is 14.8. The van der Waals surface area contributed by atoms with Crippen LogP contribution in [0.15, 0.2) is 64.2 Å². The fourth-order valence-corrected chi connectivity index (χ4v) is 5.23. The van der Waals surface area contributed by atoms with Gasteiger partial charge >= 0.3 is 0 Å². The van der Waals surface area contributed by atoms with E-state index >= 15 is 0 Å². The van der Waals surface area contributed by atoms with Crippen LogP contribution in [0.1, 0.15) is 26.3 Å². The van der Waals surface area contributed by atoms with Crippen LogP contribution >= 0.6 is 11.3 Å². The molecule has 0 atom stereocenters. The predicted molar refractivity (Wildman–Crippen MR) is 127 cm³/mol. The first-order chi connectivity index (χ1) is 15.0. The number of carbonyl (C=O) groups is 1. The smallest absolute Gasteiger partial charge is 0.273 e. The van der Waals surface area contributed by atoms with Gasteiger partial charge < -0.3 is 15.2 Å². The molecule has 3 aromatic rings. The van der Waals surface area contributed by atoms with Crippen LogP contribution < -0.4 is 14.4 Å². The maximum atomic E-state index is 12.6. The molecule has 0 aliphatic rings. The molecule has 7 nitrogen and oxygen atoms in total. The highest BCUT2D eigenvalue weighted by Gasteiger charge is 2.22. The zero-order valence-corrected chi connectivity index (χ0v) is 20.0. The van der Waals surface area contributed by atoms with Gasteiger partial charge in [0.2, 0.25) is 0 Å². The third kappa shape index (κ3) is 5.41. The lowest BCUT2D eigenvalue weighted by molar-refractivity contribution is -0.118. The molecule has 1 heterocycles. The second-order valence-electron chi connectivity index (χ2n) is 8.22. The minimum Gasteiger partial charge on any atom is -0.506 e. The van der Waals surface area contributed by atoms with Crippen LogP contribution in [0.3, 0.4) is 0 Å². The number of amides is 1. The van der Waals surface area contributed by atoms with Gasteiger partial charge in [0.05, 0.1) is 11.4 Å². The molecule has 9 heteroatoms. The molecule has 3 rings (SSSR count). The number of carbonyl (C=O) groups excluding carboxylic acids is 1. The number of hydrogen-bond donors (Lipinski definition) is 2. The normalized spacial score (nSPS) is 11.8. The van der Waals surface area contributed by atoms with E-state index in [-0.39, 0.29) is 22.0 Å². The molecule has 0 radical (unpaired) electrons. The summed E-state index contributed by atoms with van der Waals surface area (Å²) in [6.07, 6.45) is 0. The number of ether oxygens (including phenoxy) is 1. The first-order valence-corrected chi connectivity index (χ1v) is 12.2. The van der Waals surface area contributed by atoms with Gasteiger partial charge in [-0.1, -0.05) is 32.9 Å². The third-order valence-electron chi connectivity index (χ3n) is 4.82. The Hall–Kier alpha value is -3.04. The molecule has 0 unspecified atom stereocenters. The Bertz CT molecular complexity index is 1180. The summed E-state index contributed by atoms with van der Waals surface area (Å²) >= 11 is 1.15. The summed E-state index contributed by atoms with van der Waals surface area (Å²) in [6.45, 7) is 5.87. The molecule has 0 saturated heterocycles. The van der Waals surface area contributed by atoms with Crippen LogP contribution in [-0.4, -0.2) is 33.1 Å². The molecule has 0 spiro atoms. The number of phenolic OH excluding ortho intramolecular Hbond substituents is 1. The van der Waals surface area contributed by atoms with Crippen LogP contribution in [0.5, 0.6) is 11.5 Å². The largest absolute Gasteiger partial charge is 0.506 e. The lowest BCUT2D eigenvalue weighted by atomic mass is 9.87. The van der Waals surface area contributed by atoms with E-state index in [1.165, 1.54) is 11.4 Å².